The van der Waals surface area contributed by atoms with Gasteiger partial charge in [0.05, 0.1) is 34.1 Å². The van der Waals surface area contributed by atoms with Crippen molar-refractivity contribution in [2.75, 3.05) is 18.1 Å². The number of para-hydroxylation sites is 1. The summed E-state index contributed by atoms with van der Waals surface area (Å²) in [4.78, 5) is 29.2. The lowest BCUT2D eigenvalue weighted by atomic mass is 9.82. The molecule has 2 aliphatic rings. The molecule has 0 aliphatic carbocycles. The fourth-order valence-corrected chi connectivity index (χ4v) is 9.47. The molecule has 0 bridgehead atoms. The molecule has 10 nitrogen and oxygen atoms in total. The molecule has 2 N–H and O–H groups in total. The Morgan fingerprint density at radius 3 is 2.74 bits per heavy atom. The molecule has 220 valence electrons. The van der Waals surface area contributed by atoms with Crippen LogP contribution in [0.15, 0.2) is 66.1 Å². The maximum absolute atomic E-state index is 16.1. The summed E-state index contributed by atoms with van der Waals surface area (Å²) in [6, 6.07) is 12.7. The summed E-state index contributed by atoms with van der Waals surface area (Å²) in [6.45, 7) is 9.76. The quantitative estimate of drug-likeness (QED) is 0.174. The van der Waals surface area contributed by atoms with E-state index in [1.54, 1.807) is 47.1 Å². The predicted molar refractivity (Wildman–Crippen MR) is 160 cm³/mol. The van der Waals surface area contributed by atoms with Crippen molar-refractivity contribution >= 4 is 30.9 Å². The Kier molecular flexibility index (Phi) is 7.02. The van der Waals surface area contributed by atoms with Gasteiger partial charge in [0.15, 0.2) is 5.60 Å². The highest BCUT2D eigenvalue weighted by molar-refractivity contribution is 6.72. The highest BCUT2D eigenvalue weighted by Crippen LogP contribution is 2.60. The molecule has 0 unspecified atom stereocenters. The number of nitrogens with zero attached hydrogens (tertiary/aromatic N) is 5. The van der Waals surface area contributed by atoms with Gasteiger partial charge >= 0.3 is 0 Å². The van der Waals surface area contributed by atoms with Crippen molar-refractivity contribution < 1.29 is 18.7 Å². The molecule has 4 atom stereocenters. The molecular formula is C30H35FN6O4Si. The van der Waals surface area contributed by atoms with Crippen LogP contribution in [0.1, 0.15) is 24.6 Å². The van der Waals surface area contributed by atoms with Gasteiger partial charge in [0, 0.05) is 49.3 Å². The van der Waals surface area contributed by atoms with Crippen LogP contribution < -0.4 is 10.5 Å². The highest BCUT2D eigenvalue weighted by Gasteiger charge is 2.66. The van der Waals surface area contributed by atoms with Gasteiger partial charge in [-0.25, -0.2) is 4.68 Å². The molecule has 4 aromatic rings. The first-order chi connectivity index (χ1) is 20.1. The number of carbonyl (C=O) groups is 1. The highest BCUT2D eigenvalue weighted by atomic mass is 28.4. The normalized spacial score (nSPS) is 23.8. The van der Waals surface area contributed by atoms with Crippen molar-refractivity contribution in [1.29, 1.82) is 0 Å². The van der Waals surface area contributed by atoms with Crippen LogP contribution in [0.2, 0.25) is 18.6 Å². The number of carbonyl (C=O) groups excluding carboxylic acids is 1. The van der Waals surface area contributed by atoms with E-state index in [1.807, 2.05) is 37.3 Å². The van der Waals surface area contributed by atoms with Gasteiger partial charge in [-0.3, -0.25) is 19.4 Å². The average molecular weight is 591 g/mol. The van der Waals surface area contributed by atoms with Crippen LogP contribution in [0, 0.1) is 5.92 Å². The summed E-state index contributed by atoms with van der Waals surface area (Å²) >= 11 is 0. The van der Waals surface area contributed by atoms with E-state index >= 15 is 4.11 Å². The third-order valence-corrected chi connectivity index (χ3v) is 11.2. The van der Waals surface area contributed by atoms with Crippen LogP contribution in [0.5, 0.6) is 0 Å². The number of hydrogen-bond acceptors (Lipinski definition) is 6. The van der Waals surface area contributed by atoms with Gasteiger partial charge in [-0.1, -0.05) is 30.3 Å². The molecule has 0 radical (unpaired) electrons. The van der Waals surface area contributed by atoms with Crippen LogP contribution in [0.3, 0.4) is 0 Å². The van der Waals surface area contributed by atoms with E-state index in [1.165, 1.54) is 4.68 Å². The Bertz CT molecular complexity index is 1720. The molecular weight excluding hydrogens is 555 g/mol. The number of aromatic nitrogens is 5. The number of H-pyrrole nitrogens is 1. The summed E-state index contributed by atoms with van der Waals surface area (Å²) in [6.07, 6.45) is 3.72. The average Bonchev–Trinajstić information content (AvgIpc) is 3.68. The van der Waals surface area contributed by atoms with Gasteiger partial charge < -0.3 is 18.9 Å². The fourth-order valence-electron chi connectivity index (χ4n) is 6.93. The molecule has 1 amide bonds. The van der Waals surface area contributed by atoms with E-state index in [9.17, 15) is 14.7 Å². The van der Waals surface area contributed by atoms with E-state index in [2.05, 4.69) is 22.0 Å². The summed E-state index contributed by atoms with van der Waals surface area (Å²) in [7, 11) is -3.35. The lowest BCUT2D eigenvalue weighted by Crippen LogP contribution is -2.45. The van der Waals surface area contributed by atoms with Crippen LogP contribution in [-0.4, -0.2) is 63.5 Å². The molecule has 0 saturated carbocycles. The Hall–Kier alpha value is -3.87. The number of anilines is 1. The van der Waals surface area contributed by atoms with Crippen molar-refractivity contribution in [3.8, 4) is 5.69 Å². The second-order valence-corrected chi connectivity index (χ2v) is 15.5. The Balaban J connectivity index is 1.43. The molecule has 2 aromatic heterocycles. The van der Waals surface area contributed by atoms with Crippen molar-refractivity contribution in [2.45, 2.75) is 56.7 Å². The predicted octanol–water partition coefficient (Wildman–Crippen LogP) is 3.84. The first-order valence-electron chi connectivity index (χ1n) is 14.2. The number of rotatable bonds is 9. The molecule has 4 heterocycles. The molecule has 1 saturated heterocycles. The number of aromatic amines is 1. The summed E-state index contributed by atoms with van der Waals surface area (Å²) in [5.74, 6) is -0.714. The van der Waals surface area contributed by atoms with Crippen molar-refractivity contribution in [2.24, 2.45) is 5.92 Å². The van der Waals surface area contributed by atoms with Crippen molar-refractivity contribution in [3.05, 3.63) is 82.9 Å². The molecule has 1 fully saturated rings. The molecule has 12 heteroatoms. The van der Waals surface area contributed by atoms with Gasteiger partial charge in [-0.2, -0.15) is 0 Å². The van der Waals surface area contributed by atoms with E-state index in [-0.39, 0.29) is 24.6 Å². The largest absolute Gasteiger partial charge is 0.396 e. The maximum atomic E-state index is 16.1. The molecule has 1 spiro atoms. The SMILES string of the molecule is C=CCN1C(=O)[C@@]2(O[C@@H](CCn3cc(CCO)nn3)[C@H]([Si](C)(C)F)[C@H]2C)c2cc(-n3[nH]c4ccccc4c3=O)ccc21. The molecule has 2 aliphatic heterocycles. The smallest absolute Gasteiger partial charge is 0.279 e. The van der Waals surface area contributed by atoms with E-state index < -0.39 is 31.6 Å². The number of aliphatic hydroxyl groups is 1. The number of aryl methyl sites for hydroxylation is 1. The van der Waals surface area contributed by atoms with Crippen molar-refractivity contribution in [3.63, 3.8) is 0 Å². The lowest BCUT2D eigenvalue weighted by molar-refractivity contribution is -0.145. The number of amides is 1. The number of nitrogens with one attached hydrogen (secondary N) is 1. The Morgan fingerprint density at radius 2 is 2.02 bits per heavy atom. The summed E-state index contributed by atoms with van der Waals surface area (Å²) in [5.41, 5.74) is 1.14. The Labute approximate surface area is 243 Å². The number of hydrogen-bond donors (Lipinski definition) is 2. The number of fused-ring (bicyclic) bond motifs is 3. The second-order valence-electron chi connectivity index (χ2n) is 11.7. The van der Waals surface area contributed by atoms with Crippen LogP contribution in [0.25, 0.3) is 16.6 Å². The Morgan fingerprint density at radius 1 is 1.24 bits per heavy atom. The minimum atomic E-state index is -3.35. The van der Waals surface area contributed by atoms with Gasteiger partial charge in [-0.05, 0) is 49.8 Å². The summed E-state index contributed by atoms with van der Waals surface area (Å²) < 4.78 is 26.1. The number of aliphatic hydroxyl groups excluding tert-OH is 1. The fraction of sp³-hybridized carbons (Fsp3) is 0.400. The van der Waals surface area contributed by atoms with Gasteiger partial charge in [0.2, 0.25) is 8.41 Å². The van der Waals surface area contributed by atoms with Crippen LogP contribution >= 0.6 is 0 Å². The monoisotopic (exact) mass is 590 g/mol. The van der Waals surface area contributed by atoms with E-state index in [0.29, 0.717) is 52.9 Å². The van der Waals surface area contributed by atoms with Crippen LogP contribution in [0.4, 0.5) is 9.80 Å². The first kappa shape index (κ1) is 28.3. The number of benzene rings is 2. The van der Waals surface area contributed by atoms with Crippen molar-refractivity contribution in [1.82, 2.24) is 24.8 Å². The molecule has 42 heavy (non-hydrogen) atoms. The standard InChI is InChI=1S/C30H35FN6O4Si/c1-5-14-36-25-11-10-21(37-28(39)22-8-6-7-9-24(22)33-37)17-23(25)30(29(36)40)19(2)27(42(3,4)31)26(41-30)12-15-35-18-20(13-16-38)32-34-35/h5-11,17-19,26-27,33,38H,1,12-16H2,2-4H3/t19-,26+,27-,30+/m1/s1. The van der Waals surface area contributed by atoms with Crippen LogP contribution in [-0.2, 0) is 28.1 Å². The molecule has 6 rings (SSSR count). The number of ether oxygens (including phenoxy) is 1. The minimum absolute atomic E-state index is 0.0243. The zero-order valence-electron chi connectivity index (χ0n) is 24.0. The minimum Gasteiger partial charge on any atom is -0.396 e. The number of halogens is 1. The topological polar surface area (TPSA) is 118 Å². The summed E-state index contributed by atoms with van der Waals surface area (Å²) in [5, 5.41) is 21.2. The second kappa shape index (κ2) is 10.4. The third kappa shape index (κ3) is 4.36. The van der Waals surface area contributed by atoms with Gasteiger partial charge in [-0.15, -0.1) is 11.7 Å². The maximum Gasteiger partial charge on any atom is 0.279 e. The third-order valence-electron chi connectivity index (χ3n) is 8.70. The zero-order chi connectivity index (χ0) is 29.8. The van der Waals surface area contributed by atoms with Gasteiger partial charge in [0.25, 0.3) is 11.5 Å². The molecule has 2 aromatic carbocycles. The zero-order valence-corrected chi connectivity index (χ0v) is 25.0. The van der Waals surface area contributed by atoms with E-state index in [4.69, 9.17) is 4.74 Å². The first-order valence-corrected chi connectivity index (χ1v) is 17.2. The van der Waals surface area contributed by atoms with E-state index in [0.717, 1.165) is 0 Å². The lowest BCUT2D eigenvalue weighted by Gasteiger charge is -2.31. The van der Waals surface area contributed by atoms with Gasteiger partial charge in [0.1, 0.15) is 0 Å².